The van der Waals surface area contributed by atoms with Crippen LogP contribution in [0.25, 0.3) is 0 Å². The van der Waals surface area contributed by atoms with E-state index in [1.807, 2.05) is 18.2 Å². The van der Waals surface area contributed by atoms with Crippen molar-refractivity contribution in [3.05, 3.63) is 65.1 Å². The van der Waals surface area contributed by atoms with Gasteiger partial charge in [0.15, 0.2) is 0 Å². The predicted octanol–water partition coefficient (Wildman–Crippen LogP) is 7.92. The first-order chi connectivity index (χ1) is 18.8. The number of aromatic nitrogens is 2. The smallest absolute Gasteiger partial charge is 0.465 e. The lowest BCUT2D eigenvalue weighted by atomic mass is 9.89. The number of alkyl halides is 3. The second-order valence-electron chi connectivity index (χ2n) is 9.84. The van der Waals surface area contributed by atoms with Crippen molar-refractivity contribution in [2.45, 2.75) is 77.5 Å². The molecule has 1 heterocycles. The Bertz CT molecular complexity index is 1220. The van der Waals surface area contributed by atoms with Gasteiger partial charge in [-0.05, 0) is 67.0 Å². The van der Waals surface area contributed by atoms with Crippen molar-refractivity contribution in [1.29, 1.82) is 0 Å². The van der Waals surface area contributed by atoms with E-state index < -0.39 is 6.36 Å². The normalized spacial score (nSPS) is 17.6. The quantitative estimate of drug-likeness (QED) is 0.241. The fraction of sp³-hybridized carbons (Fsp3) is 0.483. The van der Waals surface area contributed by atoms with Gasteiger partial charge in [0.25, 0.3) is 0 Å². The van der Waals surface area contributed by atoms with Crippen molar-refractivity contribution in [2.24, 2.45) is 5.92 Å². The molecule has 7 nitrogen and oxygen atoms in total. The van der Waals surface area contributed by atoms with E-state index in [2.05, 4.69) is 34.1 Å². The average Bonchev–Trinajstić information content (AvgIpc) is 3.55. The zero-order valence-corrected chi connectivity index (χ0v) is 22.2. The van der Waals surface area contributed by atoms with Crippen molar-refractivity contribution in [1.82, 2.24) is 10.2 Å². The highest BCUT2D eigenvalue weighted by molar-refractivity contribution is 5.70. The van der Waals surface area contributed by atoms with E-state index in [1.165, 1.54) is 35.4 Å². The highest BCUT2D eigenvalue weighted by atomic mass is 19.4. The Morgan fingerprint density at radius 1 is 1.21 bits per heavy atom. The van der Waals surface area contributed by atoms with Gasteiger partial charge in [0, 0.05) is 12.1 Å². The molecule has 0 bridgehead atoms. The molecule has 0 aliphatic heterocycles. The van der Waals surface area contributed by atoms with E-state index in [1.54, 1.807) is 0 Å². The molecule has 2 aromatic rings. The van der Waals surface area contributed by atoms with Gasteiger partial charge in [-0.3, -0.25) is 4.79 Å². The number of carbonyl (C=O) groups excluding carboxylic acids is 1. The van der Waals surface area contributed by atoms with Crippen LogP contribution < -0.4 is 10.1 Å². The molecular weight excluding hydrogens is 511 g/mol. The maximum absolute atomic E-state index is 12.4. The van der Waals surface area contributed by atoms with Gasteiger partial charge in [-0.2, -0.15) is 0 Å². The molecule has 4 rings (SSSR count). The highest BCUT2D eigenvalue weighted by Gasteiger charge is 2.33. The summed E-state index contributed by atoms with van der Waals surface area (Å²) in [5, 5.41) is 11.2. The number of benzene rings is 1. The van der Waals surface area contributed by atoms with E-state index in [9.17, 15) is 18.0 Å². The second-order valence-corrected chi connectivity index (χ2v) is 9.84. The molecule has 2 aliphatic carbocycles. The number of hydrogen-bond donors (Lipinski definition) is 1. The highest BCUT2D eigenvalue weighted by Crippen LogP contribution is 2.47. The number of nitrogens with zero attached hydrogens (tertiary/aromatic N) is 2. The Kier molecular flexibility index (Phi) is 9.48. The van der Waals surface area contributed by atoms with Crippen LogP contribution in [-0.4, -0.2) is 29.1 Å². The van der Waals surface area contributed by atoms with E-state index in [4.69, 9.17) is 9.15 Å². The minimum atomic E-state index is -4.75. The molecular formula is C29H34F3N3O4. The van der Waals surface area contributed by atoms with E-state index in [0.29, 0.717) is 43.4 Å². The number of esters is 1. The SMILES string of the molecule is CCCCC(CC)COC(=O)CCC1=C(C2=CC=CCC2c2nnc(Nc3ccc(OC(F)(F)F)cc3)o2)C1. The fourth-order valence-corrected chi connectivity index (χ4v) is 4.61. The van der Waals surface area contributed by atoms with Crippen LogP contribution in [0.4, 0.5) is 24.9 Å². The maximum Gasteiger partial charge on any atom is 0.573 e. The molecule has 39 heavy (non-hydrogen) atoms. The maximum atomic E-state index is 12.4. The first-order valence-corrected chi connectivity index (χ1v) is 13.5. The summed E-state index contributed by atoms with van der Waals surface area (Å²) in [5.41, 5.74) is 4.05. The van der Waals surface area contributed by atoms with Crippen LogP contribution >= 0.6 is 0 Å². The molecule has 1 aromatic heterocycles. The number of halogens is 3. The summed E-state index contributed by atoms with van der Waals surface area (Å²) in [6.45, 7) is 4.80. The number of anilines is 2. The molecule has 0 radical (unpaired) electrons. The molecule has 1 aromatic carbocycles. The molecule has 2 atom stereocenters. The number of rotatable bonds is 14. The molecule has 0 saturated heterocycles. The molecule has 0 fully saturated rings. The van der Waals surface area contributed by atoms with Gasteiger partial charge in [-0.15, -0.1) is 18.3 Å². The molecule has 2 unspecified atom stereocenters. The molecule has 0 spiro atoms. The minimum absolute atomic E-state index is 0.107. The summed E-state index contributed by atoms with van der Waals surface area (Å²) in [5.74, 6) is 0.302. The van der Waals surface area contributed by atoms with E-state index in [-0.39, 0.29) is 23.7 Å². The van der Waals surface area contributed by atoms with Crippen LogP contribution in [0.5, 0.6) is 5.75 Å². The molecule has 0 saturated carbocycles. The molecule has 10 heteroatoms. The van der Waals surface area contributed by atoms with Crippen LogP contribution in [0.1, 0.15) is 77.0 Å². The van der Waals surface area contributed by atoms with Crippen molar-refractivity contribution >= 4 is 17.7 Å². The van der Waals surface area contributed by atoms with Crippen molar-refractivity contribution < 1.29 is 31.9 Å². The van der Waals surface area contributed by atoms with Crippen LogP contribution in [-0.2, 0) is 9.53 Å². The molecule has 0 amide bonds. The summed E-state index contributed by atoms with van der Waals surface area (Å²) in [6, 6.07) is 5.40. The summed E-state index contributed by atoms with van der Waals surface area (Å²) >= 11 is 0. The lowest BCUT2D eigenvalue weighted by molar-refractivity contribution is -0.274. The third-order valence-corrected chi connectivity index (χ3v) is 6.93. The zero-order valence-electron chi connectivity index (χ0n) is 22.2. The number of allylic oxidation sites excluding steroid dienone is 6. The van der Waals surface area contributed by atoms with Crippen molar-refractivity contribution in [3.8, 4) is 5.75 Å². The average molecular weight is 546 g/mol. The van der Waals surface area contributed by atoms with Crippen molar-refractivity contribution in [3.63, 3.8) is 0 Å². The fourth-order valence-electron chi connectivity index (χ4n) is 4.61. The number of unbranched alkanes of at least 4 members (excludes halogenated alkanes) is 1. The van der Waals surface area contributed by atoms with Crippen LogP contribution in [0.3, 0.4) is 0 Å². The lowest BCUT2D eigenvalue weighted by Crippen LogP contribution is -2.16. The van der Waals surface area contributed by atoms with Gasteiger partial charge in [0.1, 0.15) is 5.75 Å². The zero-order chi connectivity index (χ0) is 27.8. The number of nitrogens with one attached hydrogen (secondary N) is 1. The van der Waals surface area contributed by atoms with Gasteiger partial charge in [0.05, 0.1) is 12.5 Å². The number of ether oxygens (including phenoxy) is 2. The van der Waals surface area contributed by atoms with E-state index in [0.717, 1.165) is 37.7 Å². The van der Waals surface area contributed by atoms with Gasteiger partial charge in [-0.1, -0.05) is 62.0 Å². The largest absolute Gasteiger partial charge is 0.573 e. The van der Waals surface area contributed by atoms with Crippen LogP contribution in [0.15, 0.2) is 63.6 Å². The van der Waals surface area contributed by atoms with Gasteiger partial charge >= 0.3 is 18.3 Å². The van der Waals surface area contributed by atoms with Gasteiger partial charge in [-0.25, -0.2) is 0 Å². The molecule has 210 valence electrons. The number of hydrogen-bond acceptors (Lipinski definition) is 7. The number of carbonyl (C=O) groups is 1. The monoisotopic (exact) mass is 545 g/mol. The first-order valence-electron chi connectivity index (χ1n) is 13.5. The predicted molar refractivity (Wildman–Crippen MR) is 140 cm³/mol. The summed E-state index contributed by atoms with van der Waals surface area (Å²) in [4.78, 5) is 12.3. The Morgan fingerprint density at radius 2 is 2.00 bits per heavy atom. The van der Waals surface area contributed by atoms with Gasteiger partial charge < -0.3 is 19.2 Å². The summed E-state index contributed by atoms with van der Waals surface area (Å²) in [6.07, 6.45) is 8.35. The molecule has 2 aliphatic rings. The second kappa shape index (κ2) is 13.0. The Balaban J connectivity index is 1.31. The van der Waals surface area contributed by atoms with Crippen LogP contribution in [0.2, 0.25) is 0 Å². The molecule has 1 N–H and O–H groups in total. The Labute approximate surface area is 226 Å². The summed E-state index contributed by atoms with van der Waals surface area (Å²) < 4.78 is 52.4. The Hall–Kier alpha value is -3.56. The van der Waals surface area contributed by atoms with Gasteiger partial charge in [0.2, 0.25) is 5.89 Å². The topological polar surface area (TPSA) is 86.5 Å². The van der Waals surface area contributed by atoms with Crippen molar-refractivity contribution in [2.75, 3.05) is 11.9 Å². The Morgan fingerprint density at radius 3 is 2.72 bits per heavy atom. The van der Waals surface area contributed by atoms with Crippen LogP contribution in [0, 0.1) is 5.92 Å². The first kappa shape index (κ1) is 28.4. The van der Waals surface area contributed by atoms with E-state index >= 15 is 0 Å². The lowest BCUT2D eigenvalue weighted by Gasteiger charge is -2.16. The third kappa shape index (κ3) is 8.46. The minimum Gasteiger partial charge on any atom is -0.465 e. The standard InChI is InChI=1S/C29H34F3N3O4/c1-3-5-8-19(4-2)18-37-26(36)16-11-20-17-25(20)23-9-6-7-10-24(23)27-34-35-28(38-27)33-21-12-14-22(15-13-21)39-29(30,31)32/h6-7,9,12-15,19,24H,3-5,8,10-11,16-18H2,1-2H3,(H,33,35). The third-order valence-electron chi connectivity index (χ3n) is 6.93. The summed E-state index contributed by atoms with van der Waals surface area (Å²) in [7, 11) is 0.